The summed E-state index contributed by atoms with van der Waals surface area (Å²) < 4.78 is 5.20. The third-order valence-corrected chi connectivity index (χ3v) is 5.80. The van der Waals surface area contributed by atoms with Crippen molar-refractivity contribution < 1.29 is 14.3 Å². The second-order valence-electron chi connectivity index (χ2n) is 6.64. The largest absolute Gasteiger partial charge is 0.462 e. The van der Waals surface area contributed by atoms with E-state index in [1.54, 1.807) is 18.9 Å². The smallest absolute Gasteiger partial charge is 0.341 e. The molecule has 0 saturated heterocycles. The molecule has 0 radical (unpaired) electrons. The van der Waals surface area contributed by atoms with Gasteiger partial charge >= 0.3 is 5.97 Å². The van der Waals surface area contributed by atoms with Gasteiger partial charge in [-0.15, -0.1) is 11.3 Å². The Kier molecular flexibility index (Phi) is 7.38. The van der Waals surface area contributed by atoms with Gasteiger partial charge in [0, 0.05) is 30.2 Å². The Morgan fingerprint density at radius 3 is 2.35 bits per heavy atom. The third-order valence-electron chi connectivity index (χ3n) is 4.50. The Hall–Kier alpha value is -3.23. The van der Waals surface area contributed by atoms with E-state index in [4.69, 9.17) is 17.0 Å². The zero-order valence-corrected chi connectivity index (χ0v) is 19.1. The molecule has 0 spiro atoms. The minimum absolute atomic E-state index is 0.0451. The highest BCUT2D eigenvalue weighted by Crippen LogP contribution is 2.36. The van der Waals surface area contributed by atoms with E-state index in [9.17, 15) is 9.59 Å². The monoisotopic (exact) mass is 453 g/mol. The first-order valence-electron chi connectivity index (χ1n) is 9.67. The second-order valence-corrected chi connectivity index (χ2v) is 8.10. The molecule has 0 aliphatic carbocycles. The lowest BCUT2D eigenvalue weighted by Crippen LogP contribution is -2.23. The quantitative estimate of drug-likeness (QED) is 0.386. The van der Waals surface area contributed by atoms with Gasteiger partial charge in [0.2, 0.25) is 5.91 Å². The molecule has 1 heterocycles. The minimum Gasteiger partial charge on any atom is -0.462 e. The number of carbonyl (C=O) groups excluding carboxylic acids is 2. The van der Waals surface area contributed by atoms with Gasteiger partial charge in [-0.25, -0.2) is 4.79 Å². The van der Waals surface area contributed by atoms with Crippen molar-refractivity contribution in [3.63, 3.8) is 0 Å². The topological polar surface area (TPSA) is 70.7 Å². The molecule has 6 nitrogen and oxygen atoms in total. The maximum atomic E-state index is 12.5. The maximum Gasteiger partial charge on any atom is 0.341 e. The van der Waals surface area contributed by atoms with E-state index >= 15 is 0 Å². The highest BCUT2D eigenvalue weighted by molar-refractivity contribution is 7.80. The van der Waals surface area contributed by atoms with Crippen molar-refractivity contribution in [2.45, 2.75) is 13.8 Å². The molecule has 2 N–H and O–H groups in total. The molecular weight excluding hydrogens is 430 g/mol. The third kappa shape index (κ3) is 5.68. The van der Waals surface area contributed by atoms with E-state index in [2.05, 4.69) is 10.6 Å². The molecule has 160 valence electrons. The fourth-order valence-electron chi connectivity index (χ4n) is 2.80. The first-order valence-corrected chi connectivity index (χ1v) is 10.9. The molecule has 31 heavy (non-hydrogen) atoms. The predicted octanol–water partition coefficient (Wildman–Crippen LogP) is 5.38. The molecule has 0 aliphatic heterocycles. The molecular formula is C23H23N3O3S2. The molecule has 0 fully saturated rings. The van der Waals surface area contributed by atoms with Crippen LogP contribution >= 0.6 is 23.6 Å². The number of esters is 1. The summed E-state index contributed by atoms with van der Waals surface area (Å²) in [6.45, 7) is 3.57. The van der Waals surface area contributed by atoms with Gasteiger partial charge < -0.3 is 20.3 Å². The highest BCUT2D eigenvalue weighted by atomic mass is 32.1. The van der Waals surface area contributed by atoms with Gasteiger partial charge in [0.1, 0.15) is 5.00 Å². The molecule has 0 unspecified atom stereocenters. The number of nitrogens with zero attached hydrogens (tertiary/aromatic N) is 1. The van der Waals surface area contributed by atoms with E-state index in [1.165, 1.54) is 18.3 Å². The summed E-state index contributed by atoms with van der Waals surface area (Å²) in [4.78, 5) is 26.4. The molecule has 3 rings (SSSR count). The predicted molar refractivity (Wildman–Crippen MR) is 131 cm³/mol. The van der Waals surface area contributed by atoms with Crippen LogP contribution in [0.3, 0.4) is 0 Å². The Bertz CT molecular complexity index is 1080. The molecule has 1 aromatic heterocycles. The van der Waals surface area contributed by atoms with Crippen LogP contribution < -0.4 is 15.5 Å². The second kappa shape index (κ2) is 10.2. The molecule has 0 aliphatic rings. The van der Waals surface area contributed by atoms with Crippen LogP contribution in [0.25, 0.3) is 10.4 Å². The van der Waals surface area contributed by atoms with Crippen molar-refractivity contribution in [3.8, 4) is 10.4 Å². The molecule has 1 amide bonds. The Labute approximate surface area is 190 Å². The first-order chi connectivity index (χ1) is 14.9. The van der Waals surface area contributed by atoms with Crippen LogP contribution in [0.4, 0.5) is 16.4 Å². The van der Waals surface area contributed by atoms with Gasteiger partial charge in [0.15, 0.2) is 5.11 Å². The maximum absolute atomic E-state index is 12.5. The fraction of sp³-hybridized carbons (Fsp3) is 0.174. The molecule has 8 heteroatoms. The number of hydrogen-bond acceptors (Lipinski definition) is 5. The number of thiocarbonyl (C=S) groups is 1. The van der Waals surface area contributed by atoms with Crippen molar-refractivity contribution in [1.29, 1.82) is 0 Å². The Morgan fingerprint density at radius 2 is 1.74 bits per heavy atom. The van der Waals surface area contributed by atoms with Crippen LogP contribution in [0.15, 0.2) is 60.7 Å². The van der Waals surface area contributed by atoms with Gasteiger partial charge in [-0.1, -0.05) is 30.3 Å². The number of ether oxygens (including phenoxy) is 1. The highest BCUT2D eigenvalue weighted by Gasteiger charge is 2.19. The lowest BCUT2D eigenvalue weighted by molar-refractivity contribution is -0.116. The van der Waals surface area contributed by atoms with Crippen molar-refractivity contribution in [2.75, 3.05) is 29.2 Å². The standard InChI is InChI=1S/C23H23N3O3S2/c1-4-29-22(28)19-14-20(16-8-6-5-7-9-16)31-21(19)25-23(30)24-17-10-12-18(13-11-17)26(3)15(2)27/h5-14H,4H2,1-3H3,(H2,24,25,30). The van der Waals surface area contributed by atoms with Gasteiger partial charge in [-0.3, -0.25) is 4.79 Å². The van der Waals surface area contributed by atoms with Gasteiger partial charge in [0.05, 0.1) is 12.2 Å². The van der Waals surface area contributed by atoms with E-state index < -0.39 is 5.97 Å². The number of carbonyl (C=O) groups is 2. The van der Waals surface area contributed by atoms with Gasteiger partial charge in [-0.2, -0.15) is 0 Å². The van der Waals surface area contributed by atoms with Crippen molar-refractivity contribution in [2.24, 2.45) is 0 Å². The number of nitrogens with one attached hydrogen (secondary N) is 2. The lowest BCUT2D eigenvalue weighted by Gasteiger charge is -2.16. The van der Waals surface area contributed by atoms with Gasteiger partial charge in [-0.05, 0) is 55.0 Å². The zero-order valence-electron chi connectivity index (χ0n) is 17.5. The van der Waals surface area contributed by atoms with E-state index in [-0.39, 0.29) is 5.91 Å². The summed E-state index contributed by atoms with van der Waals surface area (Å²) in [5.74, 6) is -0.445. The molecule has 3 aromatic rings. The first kappa shape index (κ1) is 22.5. The Morgan fingerprint density at radius 1 is 1.06 bits per heavy atom. The van der Waals surface area contributed by atoms with Crippen LogP contribution in [-0.2, 0) is 9.53 Å². The fourth-order valence-corrected chi connectivity index (χ4v) is 4.15. The van der Waals surface area contributed by atoms with E-state index in [1.807, 2.05) is 60.7 Å². The van der Waals surface area contributed by atoms with Crippen molar-refractivity contribution >= 4 is 56.9 Å². The number of benzene rings is 2. The van der Waals surface area contributed by atoms with Crippen LogP contribution in [-0.4, -0.2) is 30.6 Å². The lowest BCUT2D eigenvalue weighted by atomic mass is 10.1. The molecule has 2 aromatic carbocycles. The summed E-state index contributed by atoms with van der Waals surface area (Å²) in [7, 11) is 1.72. The van der Waals surface area contributed by atoms with E-state index in [0.29, 0.717) is 22.3 Å². The van der Waals surface area contributed by atoms with Crippen molar-refractivity contribution in [3.05, 3.63) is 66.2 Å². The van der Waals surface area contributed by atoms with E-state index in [0.717, 1.165) is 21.8 Å². The number of rotatable bonds is 6. The zero-order chi connectivity index (χ0) is 22.4. The average molecular weight is 454 g/mol. The summed E-state index contributed by atoms with van der Waals surface area (Å²) in [5, 5.41) is 7.18. The summed E-state index contributed by atoms with van der Waals surface area (Å²) in [6, 6.07) is 19.0. The normalized spacial score (nSPS) is 10.3. The SMILES string of the molecule is CCOC(=O)c1cc(-c2ccccc2)sc1NC(=S)Nc1ccc(N(C)C(C)=O)cc1. The van der Waals surface area contributed by atoms with Gasteiger partial charge in [0.25, 0.3) is 0 Å². The molecule has 0 atom stereocenters. The van der Waals surface area contributed by atoms with Crippen LogP contribution in [0.1, 0.15) is 24.2 Å². The minimum atomic E-state index is -0.400. The molecule has 0 bridgehead atoms. The number of anilines is 3. The van der Waals surface area contributed by atoms with Crippen LogP contribution in [0.5, 0.6) is 0 Å². The number of thiophene rings is 1. The average Bonchev–Trinajstić information content (AvgIpc) is 3.18. The number of hydrogen-bond donors (Lipinski definition) is 2. The Balaban J connectivity index is 1.77. The van der Waals surface area contributed by atoms with Crippen molar-refractivity contribution in [1.82, 2.24) is 0 Å². The molecule has 0 saturated carbocycles. The summed E-state index contributed by atoms with van der Waals surface area (Å²) in [6.07, 6.45) is 0. The van der Waals surface area contributed by atoms with Crippen LogP contribution in [0.2, 0.25) is 0 Å². The summed E-state index contributed by atoms with van der Waals surface area (Å²) >= 11 is 6.88. The summed E-state index contributed by atoms with van der Waals surface area (Å²) in [5.41, 5.74) is 2.99. The number of amides is 1. The van der Waals surface area contributed by atoms with Crippen LogP contribution in [0, 0.1) is 0 Å².